The van der Waals surface area contributed by atoms with E-state index in [9.17, 15) is 0 Å². The van der Waals surface area contributed by atoms with Gasteiger partial charge < -0.3 is 10.2 Å². The standard InChI is InChI=1S/C18H26N2/c1-5-20(14-18(2,3)13-19-4)17-12-8-10-15-9-6-7-11-16(15)17/h6-12,19H,5,13-14H2,1-4H3. The quantitative estimate of drug-likeness (QED) is 0.856. The van der Waals surface area contributed by atoms with Crippen molar-refractivity contribution in [1.82, 2.24) is 5.32 Å². The summed E-state index contributed by atoms with van der Waals surface area (Å²) < 4.78 is 0. The lowest BCUT2D eigenvalue weighted by Gasteiger charge is -2.34. The van der Waals surface area contributed by atoms with Crippen molar-refractivity contribution < 1.29 is 0 Å². The van der Waals surface area contributed by atoms with Crippen LogP contribution in [0.3, 0.4) is 0 Å². The van der Waals surface area contributed by atoms with Crippen LogP contribution in [-0.2, 0) is 0 Å². The molecule has 0 aliphatic heterocycles. The Morgan fingerprint density at radius 2 is 1.75 bits per heavy atom. The van der Waals surface area contributed by atoms with Gasteiger partial charge in [0.05, 0.1) is 0 Å². The first-order valence-corrected chi connectivity index (χ1v) is 7.45. The molecule has 0 heterocycles. The van der Waals surface area contributed by atoms with Crippen molar-refractivity contribution in [2.75, 3.05) is 31.6 Å². The highest BCUT2D eigenvalue weighted by Gasteiger charge is 2.21. The molecule has 2 rings (SSSR count). The summed E-state index contributed by atoms with van der Waals surface area (Å²) in [4.78, 5) is 2.49. The third kappa shape index (κ3) is 3.31. The van der Waals surface area contributed by atoms with Crippen LogP contribution < -0.4 is 10.2 Å². The summed E-state index contributed by atoms with van der Waals surface area (Å²) in [7, 11) is 2.02. The SMILES string of the molecule is CCN(CC(C)(C)CNC)c1cccc2ccccc12. The number of nitrogens with zero attached hydrogens (tertiary/aromatic N) is 1. The fourth-order valence-electron chi connectivity index (χ4n) is 2.90. The van der Waals surface area contributed by atoms with Gasteiger partial charge in [0, 0.05) is 30.7 Å². The maximum absolute atomic E-state index is 3.30. The van der Waals surface area contributed by atoms with E-state index in [2.05, 4.69) is 73.5 Å². The van der Waals surface area contributed by atoms with Gasteiger partial charge in [-0.3, -0.25) is 0 Å². The molecule has 0 unspecified atom stereocenters. The van der Waals surface area contributed by atoms with E-state index in [4.69, 9.17) is 0 Å². The zero-order valence-corrected chi connectivity index (χ0v) is 13.1. The molecular formula is C18H26N2. The molecule has 108 valence electrons. The Kier molecular flexibility index (Phi) is 4.66. The molecule has 0 amide bonds. The number of benzene rings is 2. The van der Waals surface area contributed by atoms with Crippen LogP contribution in [0.4, 0.5) is 5.69 Å². The summed E-state index contributed by atoms with van der Waals surface area (Å²) in [5.74, 6) is 0. The highest BCUT2D eigenvalue weighted by Crippen LogP contribution is 2.29. The molecule has 2 nitrogen and oxygen atoms in total. The van der Waals surface area contributed by atoms with E-state index in [1.54, 1.807) is 0 Å². The van der Waals surface area contributed by atoms with Gasteiger partial charge in [0.1, 0.15) is 0 Å². The van der Waals surface area contributed by atoms with Gasteiger partial charge in [0.2, 0.25) is 0 Å². The fraction of sp³-hybridized carbons (Fsp3) is 0.444. The molecule has 0 saturated carbocycles. The minimum absolute atomic E-state index is 0.252. The van der Waals surface area contributed by atoms with Crippen LogP contribution in [0.25, 0.3) is 10.8 Å². The molecule has 0 saturated heterocycles. The van der Waals surface area contributed by atoms with Crippen LogP contribution >= 0.6 is 0 Å². The molecule has 1 N–H and O–H groups in total. The van der Waals surface area contributed by atoms with E-state index in [0.29, 0.717) is 0 Å². The summed E-state index contributed by atoms with van der Waals surface area (Å²) in [6.07, 6.45) is 0. The monoisotopic (exact) mass is 270 g/mol. The molecule has 2 heteroatoms. The predicted molar refractivity (Wildman–Crippen MR) is 89.5 cm³/mol. The first kappa shape index (κ1) is 14.9. The second kappa shape index (κ2) is 6.27. The zero-order valence-electron chi connectivity index (χ0n) is 13.1. The average Bonchev–Trinajstić information content (AvgIpc) is 2.44. The van der Waals surface area contributed by atoms with Crippen molar-refractivity contribution in [3.8, 4) is 0 Å². The first-order valence-electron chi connectivity index (χ1n) is 7.45. The molecule has 0 aliphatic rings. The largest absolute Gasteiger partial charge is 0.371 e. The Morgan fingerprint density at radius 3 is 2.45 bits per heavy atom. The summed E-state index contributed by atoms with van der Waals surface area (Å²) >= 11 is 0. The Hall–Kier alpha value is -1.54. The molecule has 0 fully saturated rings. The lowest BCUT2D eigenvalue weighted by molar-refractivity contribution is 0.354. The lowest BCUT2D eigenvalue weighted by atomic mass is 9.92. The van der Waals surface area contributed by atoms with Crippen molar-refractivity contribution in [3.05, 3.63) is 42.5 Å². The van der Waals surface area contributed by atoms with Crippen LogP contribution in [0, 0.1) is 5.41 Å². The van der Waals surface area contributed by atoms with E-state index in [-0.39, 0.29) is 5.41 Å². The van der Waals surface area contributed by atoms with Gasteiger partial charge >= 0.3 is 0 Å². The Balaban J connectivity index is 2.35. The smallest absolute Gasteiger partial charge is 0.0445 e. The van der Waals surface area contributed by atoms with Crippen LogP contribution in [0.15, 0.2) is 42.5 Å². The predicted octanol–water partition coefficient (Wildman–Crippen LogP) is 3.91. The number of anilines is 1. The molecule has 0 radical (unpaired) electrons. The second-order valence-corrected chi connectivity index (χ2v) is 6.21. The van der Waals surface area contributed by atoms with Gasteiger partial charge in [-0.05, 0) is 30.8 Å². The third-order valence-corrected chi connectivity index (χ3v) is 3.76. The maximum atomic E-state index is 3.30. The minimum atomic E-state index is 0.252. The molecular weight excluding hydrogens is 244 g/mol. The molecule has 0 aromatic heterocycles. The molecule has 0 aliphatic carbocycles. The highest BCUT2D eigenvalue weighted by molar-refractivity contribution is 5.94. The van der Waals surface area contributed by atoms with Crippen LogP contribution in [0.5, 0.6) is 0 Å². The van der Waals surface area contributed by atoms with E-state index >= 15 is 0 Å². The minimum Gasteiger partial charge on any atom is -0.371 e. The third-order valence-electron chi connectivity index (χ3n) is 3.76. The van der Waals surface area contributed by atoms with E-state index < -0.39 is 0 Å². The summed E-state index contributed by atoms with van der Waals surface area (Å²) in [6.45, 7) is 9.97. The number of hydrogen-bond acceptors (Lipinski definition) is 2. The summed E-state index contributed by atoms with van der Waals surface area (Å²) in [5, 5.41) is 5.96. The van der Waals surface area contributed by atoms with Crippen LogP contribution in [0.2, 0.25) is 0 Å². The van der Waals surface area contributed by atoms with Gasteiger partial charge in [-0.1, -0.05) is 50.2 Å². The van der Waals surface area contributed by atoms with Gasteiger partial charge in [-0.15, -0.1) is 0 Å². The first-order chi connectivity index (χ1) is 9.57. The molecule has 0 bridgehead atoms. The van der Waals surface area contributed by atoms with Crippen molar-refractivity contribution in [3.63, 3.8) is 0 Å². The number of nitrogens with one attached hydrogen (secondary N) is 1. The van der Waals surface area contributed by atoms with Crippen molar-refractivity contribution >= 4 is 16.5 Å². The van der Waals surface area contributed by atoms with Crippen molar-refractivity contribution in [1.29, 1.82) is 0 Å². The van der Waals surface area contributed by atoms with Crippen LogP contribution in [-0.4, -0.2) is 26.7 Å². The molecule has 2 aromatic rings. The van der Waals surface area contributed by atoms with Gasteiger partial charge in [0.25, 0.3) is 0 Å². The van der Waals surface area contributed by atoms with Crippen molar-refractivity contribution in [2.24, 2.45) is 5.41 Å². The lowest BCUT2D eigenvalue weighted by Crippen LogP contribution is -2.39. The van der Waals surface area contributed by atoms with Crippen molar-refractivity contribution in [2.45, 2.75) is 20.8 Å². The fourth-order valence-corrected chi connectivity index (χ4v) is 2.90. The van der Waals surface area contributed by atoms with E-state index in [1.807, 2.05) is 7.05 Å². The summed E-state index contributed by atoms with van der Waals surface area (Å²) in [5.41, 5.74) is 1.59. The maximum Gasteiger partial charge on any atom is 0.0445 e. The highest BCUT2D eigenvalue weighted by atomic mass is 15.1. The zero-order chi connectivity index (χ0) is 14.6. The Labute approximate surface area is 122 Å². The second-order valence-electron chi connectivity index (χ2n) is 6.21. The molecule has 20 heavy (non-hydrogen) atoms. The normalized spacial score (nSPS) is 11.8. The van der Waals surface area contributed by atoms with Crippen LogP contribution in [0.1, 0.15) is 20.8 Å². The average molecular weight is 270 g/mol. The summed E-state index contributed by atoms with van der Waals surface area (Å²) in [6, 6.07) is 15.2. The number of hydrogen-bond donors (Lipinski definition) is 1. The molecule has 0 atom stereocenters. The van der Waals surface area contributed by atoms with E-state index in [0.717, 1.165) is 19.6 Å². The number of fused-ring (bicyclic) bond motifs is 1. The topological polar surface area (TPSA) is 15.3 Å². The Morgan fingerprint density at radius 1 is 1.05 bits per heavy atom. The molecule has 0 spiro atoms. The van der Waals surface area contributed by atoms with Gasteiger partial charge in [-0.2, -0.15) is 0 Å². The molecule has 2 aromatic carbocycles. The van der Waals surface area contributed by atoms with E-state index in [1.165, 1.54) is 16.5 Å². The number of rotatable bonds is 6. The Bertz CT molecular complexity index is 555. The van der Waals surface area contributed by atoms with Gasteiger partial charge in [-0.25, -0.2) is 0 Å². The van der Waals surface area contributed by atoms with Gasteiger partial charge in [0.15, 0.2) is 0 Å².